The Morgan fingerprint density at radius 2 is 0.844 bits per heavy atom. The molecule has 7 aromatic carbocycles. The van der Waals surface area contributed by atoms with Crippen LogP contribution in [0.5, 0.6) is 0 Å². The van der Waals surface area contributed by atoms with Crippen LogP contribution in [0, 0.1) is 0 Å². The fraction of sp³-hybridized carbons (Fsp3) is 0. The monoisotopic (exact) mass is 574 g/mol. The third kappa shape index (κ3) is 3.46. The van der Waals surface area contributed by atoms with Crippen molar-refractivity contribution in [1.29, 1.82) is 0 Å². The first-order valence-electron chi connectivity index (χ1n) is 15.4. The van der Waals surface area contributed by atoms with Crippen molar-refractivity contribution in [3.63, 3.8) is 0 Å². The molecule has 0 spiro atoms. The molecule has 0 radical (unpaired) electrons. The molecule has 45 heavy (non-hydrogen) atoms. The van der Waals surface area contributed by atoms with Crippen LogP contribution in [0.3, 0.4) is 0 Å². The summed E-state index contributed by atoms with van der Waals surface area (Å²) in [6, 6.07) is 56.5. The Balaban J connectivity index is 1.25. The molecule has 0 unspecified atom stereocenters. The number of hydrogen-bond donors (Lipinski definition) is 0. The molecule has 3 aromatic heterocycles. The van der Waals surface area contributed by atoms with E-state index in [1.807, 2.05) is 0 Å². The Morgan fingerprint density at radius 3 is 1.47 bits per heavy atom. The molecule has 0 bridgehead atoms. The third-order valence-electron chi connectivity index (χ3n) is 9.31. The summed E-state index contributed by atoms with van der Waals surface area (Å²) < 4.78 is 11.2. The first kappa shape index (κ1) is 24.4. The highest BCUT2D eigenvalue weighted by Crippen LogP contribution is 2.40. The van der Waals surface area contributed by atoms with Crippen molar-refractivity contribution in [3.05, 3.63) is 158 Å². The molecular formula is C42H26N2O. The van der Waals surface area contributed by atoms with E-state index in [1.165, 1.54) is 54.7 Å². The van der Waals surface area contributed by atoms with Crippen LogP contribution < -0.4 is 0 Å². The largest absolute Gasteiger partial charge is 0.456 e. The predicted molar refractivity (Wildman–Crippen MR) is 188 cm³/mol. The van der Waals surface area contributed by atoms with Crippen LogP contribution >= 0.6 is 0 Å². The second-order valence-corrected chi connectivity index (χ2v) is 11.8. The lowest BCUT2D eigenvalue weighted by atomic mass is 10.0. The molecule has 0 aliphatic rings. The van der Waals surface area contributed by atoms with Gasteiger partial charge in [-0.15, -0.1) is 0 Å². The standard InChI is InChI=1S/C42H26N2O/c1-2-11-27(12-3-1)30-16-10-17-34-33-15-6-9-20-39(33)44(42(30)34)29-22-24-41-36(26-29)35-25-28(21-23-40(35)45-41)43-37-18-7-4-13-31(37)32-14-5-8-19-38(32)43/h1-26H. The lowest BCUT2D eigenvalue weighted by molar-refractivity contribution is 0.669. The van der Waals surface area contributed by atoms with Gasteiger partial charge in [-0.2, -0.15) is 0 Å². The number of benzene rings is 7. The molecule has 0 atom stereocenters. The maximum absolute atomic E-state index is 6.42. The quantitative estimate of drug-likeness (QED) is 0.206. The van der Waals surface area contributed by atoms with Crippen molar-refractivity contribution in [2.45, 2.75) is 0 Å². The summed E-state index contributed by atoms with van der Waals surface area (Å²) in [4.78, 5) is 0. The second kappa shape index (κ2) is 9.22. The smallest absolute Gasteiger partial charge is 0.135 e. The summed E-state index contributed by atoms with van der Waals surface area (Å²) in [5.41, 5.74) is 11.2. The van der Waals surface area contributed by atoms with Crippen molar-refractivity contribution < 1.29 is 4.42 Å². The first-order valence-corrected chi connectivity index (χ1v) is 15.4. The third-order valence-corrected chi connectivity index (χ3v) is 9.31. The zero-order valence-electron chi connectivity index (χ0n) is 24.3. The van der Waals surface area contributed by atoms with Crippen molar-refractivity contribution in [3.8, 4) is 22.5 Å². The molecule has 0 saturated carbocycles. The normalized spacial score (nSPS) is 12.0. The van der Waals surface area contributed by atoms with Gasteiger partial charge in [0, 0.05) is 49.3 Å². The zero-order chi connectivity index (χ0) is 29.5. The average molecular weight is 575 g/mol. The van der Waals surface area contributed by atoms with Crippen LogP contribution in [0.2, 0.25) is 0 Å². The minimum atomic E-state index is 0.886. The summed E-state index contributed by atoms with van der Waals surface area (Å²) in [5.74, 6) is 0. The molecule has 0 saturated heterocycles. The van der Waals surface area contributed by atoms with Gasteiger partial charge < -0.3 is 13.6 Å². The van der Waals surface area contributed by atoms with Crippen LogP contribution in [-0.2, 0) is 0 Å². The van der Waals surface area contributed by atoms with E-state index in [0.717, 1.165) is 33.3 Å². The van der Waals surface area contributed by atoms with Gasteiger partial charge in [0.25, 0.3) is 0 Å². The number of fused-ring (bicyclic) bond motifs is 9. The zero-order valence-corrected chi connectivity index (χ0v) is 24.3. The van der Waals surface area contributed by atoms with Gasteiger partial charge in [0.1, 0.15) is 11.2 Å². The Kier molecular flexibility index (Phi) is 5.00. The number of nitrogens with zero attached hydrogens (tertiary/aromatic N) is 2. The fourth-order valence-corrected chi connectivity index (χ4v) is 7.37. The van der Waals surface area contributed by atoms with Gasteiger partial charge in [0.05, 0.1) is 22.1 Å². The van der Waals surface area contributed by atoms with E-state index in [-0.39, 0.29) is 0 Å². The molecule has 3 heterocycles. The lowest BCUT2D eigenvalue weighted by Crippen LogP contribution is -1.95. The minimum absolute atomic E-state index is 0.886. The van der Waals surface area contributed by atoms with Crippen molar-refractivity contribution in [1.82, 2.24) is 9.13 Å². The van der Waals surface area contributed by atoms with Gasteiger partial charge in [-0.3, -0.25) is 0 Å². The van der Waals surface area contributed by atoms with Crippen LogP contribution in [0.1, 0.15) is 0 Å². The molecule has 210 valence electrons. The number of aromatic nitrogens is 2. The Labute approximate surface area is 258 Å². The highest BCUT2D eigenvalue weighted by atomic mass is 16.3. The Hall–Kier alpha value is -6.06. The number of para-hydroxylation sites is 4. The minimum Gasteiger partial charge on any atom is -0.456 e. The molecule has 0 aliphatic heterocycles. The summed E-state index contributed by atoms with van der Waals surface area (Å²) in [6.07, 6.45) is 0. The van der Waals surface area contributed by atoms with E-state index in [2.05, 4.69) is 167 Å². The Morgan fingerprint density at radius 1 is 0.356 bits per heavy atom. The van der Waals surface area contributed by atoms with E-state index in [1.54, 1.807) is 0 Å². The Bertz CT molecular complexity index is 2710. The van der Waals surface area contributed by atoms with Gasteiger partial charge in [0.15, 0.2) is 0 Å². The van der Waals surface area contributed by atoms with Gasteiger partial charge in [-0.1, -0.05) is 103 Å². The van der Waals surface area contributed by atoms with Crippen LogP contribution in [0.4, 0.5) is 0 Å². The highest BCUT2D eigenvalue weighted by Gasteiger charge is 2.18. The van der Waals surface area contributed by atoms with Gasteiger partial charge in [-0.25, -0.2) is 0 Å². The molecule has 3 nitrogen and oxygen atoms in total. The highest BCUT2D eigenvalue weighted by molar-refractivity contribution is 6.15. The fourth-order valence-electron chi connectivity index (χ4n) is 7.37. The molecule has 10 rings (SSSR count). The van der Waals surface area contributed by atoms with Gasteiger partial charge in [-0.05, 0) is 60.2 Å². The predicted octanol–water partition coefficient (Wildman–Crippen LogP) is 11.4. The molecule has 3 heteroatoms. The van der Waals surface area contributed by atoms with E-state index >= 15 is 0 Å². The summed E-state index contributed by atoms with van der Waals surface area (Å²) in [5, 5.41) is 7.22. The number of hydrogen-bond acceptors (Lipinski definition) is 1. The van der Waals surface area contributed by atoms with Crippen molar-refractivity contribution >= 4 is 65.6 Å². The van der Waals surface area contributed by atoms with Gasteiger partial charge >= 0.3 is 0 Å². The maximum Gasteiger partial charge on any atom is 0.135 e. The summed E-state index contributed by atoms with van der Waals surface area (Å²) in [7, 11) is 0. The van der Waals surface area contributed by atoms with Crippen molar-refractivity contribution in [2.75, 3.05) is 0 Å². The van der Waals surface area contributed by atoms with Crippen LogP contribution in [-0.4, -0.2) is 9.13 Å². The molecule has 0 amide bonds. The molecule has 0 aliphatic carbocycles. The van der Waals surface area contributed by atoms with Gasteiger partial charge in [0.2, 0.25) is 0 Å². The average Bonchev–Trinajstić information content (AvgIpc) is 3.76. The van der Waals surface area contributed by atoms with Crippen LogP contribution in [0.15, 0.2) is 162 Å². The molecule has 0 N–H and O–H groups in total. The topological polar surface area (TPSA) is 23.0 Å². The molecular weight excluding hydrogens is 548 g/mol. The summed E-state index contributed by atoms with van der Waals surface area (Å²) in [6.45, 7) is 0. The number of furan rings is 1. The van der Waals surface area contributed by atoms with E-state index < -0.39 is 0 Å². The van der Waals surface area contributed by atoms with E-state index in [9.17, 15) is 0 Å². The SMILES string of the molecule is c1ccc(-c2cccc3c4ccccc4n(-c4ccc5oc6ccc(-n7c8ccccc8c8ccccc87)cc6c5c4)c23)cc1. The van der Waals surface area contributed by atoms with Crippen molar-refractivity contribution in [2.24, 2.45) is 0 Å². The first-order chi connectivity index (χ1) is 22.3. The summed E-state index contributed by atoms with van der Waals surface area (Å²) >= 11 is 0. The van der Waals surface area contributed by atoms with E-state index in [4.69, 9.17) is 4.42 Å². The molecule has 10 aromatic rings. The maximum atomic E-state index is 6.42. The second-order valence-electron chi connectivity index (χ2n) is 11.8. The number of rotatable bonds is 3. The molecule has 0 fully saturated rings. The van der Waals surface area contributed by atoms with Crippen LogP contribution in [0.25, 0.3) is 88.1 Å². The van der Waals surface area contributed by atoms with E-state index in [0.29, 0.717) is 0 Å². The lowest BCUT2D eigenvalue weighted by Gasteiger charge is -2.12.